The monoisotopic (exact) mass is 365 g/mol. The lowest BCUT2D eigenvalue weighted by Crippen LogP contribution is -2.49. The maximum absolute atomic E-state index is 12.4. The third-order valence-electron chi connectivity index (χ3n) is 4.28. The van der Waals surface area contributed by atoms with E-state index in [1.165, 1.54) is 4.68 Å². The molecule has 0 aliphatic carbocycles. The zero-order chi connectivity index (χ0) is 18.6. The molecule has 4 heterocycles. The van der Waals surface area contributed by atoms with Gasteiger partial charge < -0.3 is 15.1 Å². The van der Waals surface area contributed by atoms with Crippen molar-refractivity contribution in [3.05, 3.63) is 48.4 Å². The molecule has 1 saturated heterocycles. The fourth-order valence-corrected chi connectivity index (χ4v) is 2.87. The molecule has 27 heavy (non-hydrogen) atoms. The van der Waals surface area contributed by atoms with Gasteiger partial charge in [-0.2, -0.15) is 0 Å². The minimum atomic E-state index is -0.0938. The Hall–Kier alpha value is -3.56. The van der Waals surface area contributed by atoms with Crippen LogP contribution in [0, 0.1) is 0 Å². The molecule has 0 aromatic carbocycles. The number of hydrogen-bond acceptors (Lipinski definition) is 8. The molecule has 3 aromatic rings. The summed E-state index contributed by atoms with van der Waals surface area (Å²) in [6.45, 7) is 2.58. The molecule has 4 rings (SSSR count). The molecule has 0 atom stereocenters. The fourth-order valence-electron chi connectivity index (χ4n) is 2.87. The van der Waals surface area contributed by atoms with Gasteiger partial charge in [-0.05, 0) is 24.3 Å². The lowest BCUT2D eigenvalue weighted by atomic mass is 10.3. The van der Waals surface area contributed by atoms with Gasteiger partial charge in [0.05, 0.1) is 6.20 Å². The number of aromatic nitrogens is 6. The fraction of sp³-hybridized carbons (Fsp3) is 0.294. The van der Waals surface area contributed by atoms with Crippen molar-refractivity contribution < 1.29 is 4.79 Å². The van der Waals surface area contributed by atoms with Crippen molar-refractivity contribution in [2.75, 3.05) is 36.4 Å². The molecule has 3 aromatic heterocycles. The number of anilines is 3. The predicted molar refractivity (Wildman–Crippen MR) is 98.7 cm³/mol. The molecule has 0 saturated carbocycles. The van der Waals surface area contributed by atoms with Crippen molar-refractivity contribution in [2.45, 2.75) is 0 Å². The highest BCUT2D eigenvalue weighted by atomic mass is 16.2. The Balaban J connectivity index is 1.35. The first-order valence-electron chi connectivity index (χ1n) is 8.61. The Morgan fingerprint density at radius 1 is 1.00 bits per heavy atom. The number of aryl methyl sites for hydroxylation is 1. The molecule has 0 spiro atoms. The standard InChI is InChI=1S/C17H19N9O/c1-24-12-13(20-23-24)17(27)26-10-8-25(9-11-26)16-6-5-15(21-22-16)19-14-4-2-3-7-18-14/h2-7,12H,8-11H2,1H3,(H,18,19,21). The molecular formula is C17H19N9O. The van der Waals surface area contributed by atoms with E-state index in [-0.39, 0.29) is 5.91 Å². The van der Waals surface area contributed by atoms with Crippen LogP contribution in [0.2, 0.25) is 0 Å². The van der Waals surface area contributed by atoms with Crippen LogP contribution in [-0.2, 0) is 7.05 Å². The van der Waals surface area contributed by atoms with Gasteiger partial charge in [-0.3, -0.25) is 9.48 Å². The van der Waals surface area contributed by atoms with E-state index in [0.717, 1.165) is 11.6 Å². The number of rotatable bonds is 4. The zero-order valence-electron chi connectivity index (χ0n) is 14.9. The molecule has 1 aliphatic heterocycles. The average Bonchev–Trinajstić information content (AvgIpc) is 3.15. The van der Waals surface area contributed by atoms with E-state index in [2.05, 4.69) is 35.7 Å². The van der Waals surface area contributed by atoms with Gasteiger partial charge in [-0.15, -0.1) is 15.3 Å². The molecule has 1 N–H and O–H groups in total. The smallest absolute Gasteiger partial charge is 0.276 e. The van der Waals surface area contributed by atoms with Crippen molar-refractivity contribution in [1.29, 1.82) is 0 Å². The molecule has 1 amide bonds. The maximum Gasteiger partial charge on any atom is 0.276 e. The van der Waals surface area contributed by atoms with E-state index >= 15 is 0 Å². The topological polar surface area (TPSA) is 105 Å². The Labute approximate surface area is 155 Å². The Morgan fingerprint density at radius 2 is 1.85 bits per heavy atom. The molecule has 138 valence electrons. The molecule has 10 nitrogen and oxygen atoms in total. The van der Waals surface area contributed by atoms with Crippen molar-refractivity contribution in [3.8, 4) is 0 Å². The van der Waals surface area contributed by atoms with E-state index in [4.69, 9.17) is 0 Å². The second-order valence-electron chi connectivity index (χ2n) is 6.17. The first-order chi connectivity index (χ1) is 13.2. The van der Waals surface area contributed by atoms with Crippen LogP contribution in [0.3, 0.4) is 0 Å². The second-order valence-corrected chi connectivity index (χ2v) is 6.17. The Kier molecular flexibility index (Phi) is 4.60. The summed E-state index contributed by atoms with van der Waals surface area (Å²) in [5.41, 5.74) is 0.371. The van der Waals surface area contributed by atoms with E-state index in [1.54, 1.807) is 24.3 Å². The third kappa shape index (κ3) is 3.84. The van der Waals surface area contributed by atoms with E-state index in [9.17, 15) is 4.79 Å². The Bertz CT molecular complexity index is 902. The number of amides is 1. The molecule has 10 heteroatoms. The average molecular weight is 365 g/mol. The van der Waals surface area contributed by atoms with Crippen LogP contribution in [0.25, 0.3) is 0 Å². The summed E-state index contributed by atoms with van der Waals surface area (Å²) in [6, 6.07) is 9.41. The Morgan fingerprint density at radius 3 is 2.48 bits per heavy atom. The number of hydrogen-bond donors (Lipinski definition) is 1. The molecule has 0 unspecified atom stereocenters. The van der Waals surface area contributed by atoms with Crippen molar-refractivity contribution in [3.63, 3.8) is 0 Å². The van der Waals surface area contributed by atoms with Crippen molar-refractivity contribution in [2.24, 2.45) is 7.05 Å². The quantitative estimate of drug-likeness (QED) is 0.721. The van der Waals surface area contributed by atoms with Crippen LogP contribution in [0.15, 0.2) is 42.7 Å². The highest BCUT2D eigenvalue weighted by Gasteiger charge is 2.24. The lowest BCUT2D eigenvalue weighted by molar-refractivity contribution is 0.0740. The number of pyridine rings is 1. The van der Waals surface area contributed by atoms with Gasteiger partial charge >= 0.3 is 0 Å². The van der Waals surface area contributed by atoms with Crippen LogP contribution in [-0.4, -0.2) is 67.2 Å². The molecule has 1 aliphatic rings. The molecule has 0 bridgehead atoms. The van der Waals surface area contributed by atoms with Gasteiger partial charge in [0, 0.05) is 39.4 Å². The summed E-state index contributed by atoms with van der Waals surface area (Å²) in [6.07, 6.45) is 3.35. The maximum atomic E-state index is 12.4. The SMILES string of the molecule is Cn1cc(C(=O)N2CCN(c3ccc(Nc4ccccn4)nn3)CC2)nn1. The largest absolute Gasteiger partial charge is 0.352 e. The normalized spacial score (nSPS) is 14.3. The molecular weight excluding hydrogens is 346 g/mol. The van der Waals surface area contributed by atoms with Crippen LogP contribution in [0.5, 0.6) is 0 Å². The van der Waals surface area contributed by atoms with Crippen LogP contribution < -0.4 is 10.2 Å². The summed E-state index contributed by atoms with van der Waals surface area (Å²) < 4.78 is 1.53. The second kappa shape index (κ2) is 7.36. The summed E-state index contributed by atoms with van der Waals surface area (Å²) in [5, 5.41) is 19.3. The third-order valence-corrected chi connectivity index (χ3v) is 4.28. The molecule has 0 radical (unpaired) electrons. The minimum absolute atomic E-state index is 0.0938. The lowest BCUT2D eigenvalue weighted by Gasteiger charge is -2.34. The van der Waals surface area contributed by atoms with Crippen molar-refractivity contribution in [1.82, 2.24) is 35.1 Å². The zero-order valence-corrected chi connectivity index (χ0v) is 14.9. The summed E-state index contributed by atoms with van der Waals surface area (Å²) >= 11 is 0. The van der Waals surface area contributed by atoms with Gasteiger partial charge in [0.2, 0.25) is 0 Å². The van der Waals surface area contributed by atoms with Gasteiger partial charge in [0.1, 0.15) is 5.82 Å². The van der Waals surface area contributed by atoms with Crippen LogP contribution in [0.1, 0.15) is 10.5 Å². The number of carbonyl (C=O) groups excluding carboxylic acids is 1. The van der Waals surface area contributed by atoms with E-state index < -0.39 is 0 Å². The van der Waals surface area contributed by atoms with Gasteiger partial charge in [-0.1, -0.05) is 11.3 Å². The van der Waals surface area contributed by atoms with Crippen LogP contribution >= 0.6 is 0 Å². The van der Waals surface area contributed by atoms with E-state index in [1.807, 2.05) is 30.3 Å². The summed E-state index contributed by atoms with van der Waals surface area (Å²) in [5.74, 6) is 2.04. The van der Waals surface area contributed by atoms with Gasteiger partial charge in [-0.25, -0.2) is 4.98 Å². The van der Waals surface area contributed by atoms with Gasteiger partial charge in [0.25, 0.3) is 5.91 Å². The number of nitrogens with zero attached hydrogens (tertiary/aromatic N) is 8. The highest BCUT2D eigenvalue weighted by molar-refractivity contribution is 5.92. The first-order valence-corrected chi connectivity index (χ1v) is 8.61. The summed E-state index contributed by atoms with van der Waals surface area (Å²) in [7, 11) is 1.74. The number of nitrogens with one attached hydrogen (secondary N) is 1. The van der Waals surface area contributed by atoms with Crippen molar-refractivity contribution >= 4 is 23.4 Å². The number of carbonyl (C=O) groups is 1. The number of piperazine rings is 1. The highest BCUT2D eigenvalue weighted by Crippen LogP contribution is 2.17. The summed E-state index contributed by atoms with van der Waals surface area (Å²) in [4.78, 5) is 20.5. The predicted octanol–water partition coefficient (Wildman–Crippen LogP) is 0.706. The molecule has 1 fully saturated rings. The van der Waals surface area contributed by atoms with Gasteiger partial charge in [0.15, 0.2) is 17.3 Å². The van der Waals surface area contributed by atoms with Crippen LogP contribution in [0.4, 0.5) is 17.5 Å². The minimum Gasteiger partial charge on any atom is -0.352 e. The first kappa shape index (κ1) is 16.9. The van der Waals surface area contributed by atoms with E-state index in [0.29, 0.717) is 37.7 Å².